The molecule has 2 aromatic rings. The van der Waals surface area contributed by atoms with Gasteiger partial charge in [-0.2, -0.15) is 0 Å². The maximum absolute atomic E-state index is 13.7. The molecular weight excluding hydrogens is 305 g/mol. The maximum atomic E-state index is 13.7. The van der Waals surface area contributed by atoms with Crippen LogP contribution in [0.15, 0.2) is 41.3 Å². The predicted octanol–water partition coefficient (Wildman–Crippen LogP) is 2.51. The van der Waals surface area contributed by atoms with Gasteiger partial charge in [-0.1, -0.05) is 0 Å². The second kappa shape index (κ2) is 5.28. The monoisotopic (exact) mass is 316 g/mol. The molecule has 0 aromatic heterocycles. The molecule has 0 amide bonds. The normalized spacial score (nSPS) is 11.4. The van der Waals surface area contributed by atoms with E-state index in [1.807, 2.05) is 0 Å². The summed E-state index contributed by atoms with van der Waals surface area (Å²) < 4.78 is 65.2. The van der Waals surface area contributed by atoms with Gasteiger partial charge in [-0.25, -0.2) is 21.6 Å². The van der Waals surface area contributed by atoms with E-state index in [0.29, 0.717) is 10.4 Å². The summed E-state index contributed by atoms with van der Waals surface area (Å²) in [6.45, 7) is 0. The van der Waals surface area contributed by atoms with Crippen molar-refractivity contribution in [3.63, 3.8) is 0 Å². The molecule has 0 saturated carbocycles. The Morgan fingerprint density at radius 2 is 1.62 bits per heavy atom. The molecule has 0 heterocycles. The fraction of sp³-hybridized carbons (Fsp3) is 0.0769. The van der Waals surface area contributed by atoms with Gasteiger partial charge in [0.25, 0.3) is 10.0 Å². The average Bonchev–Trinajstić information content (AvgIpc) is 2.42. The highest BCUT2D eigenvalue weighted by atomic mass is 32.2. The van der Waals surface area contributed by atoms with Crippen LogP contribution >= 0.6 is 0 Å². The molecule has 0 saturated heterocycles. The van der Waals surface area contributed by atoms with E-state index in [4.69, 9.17) is 5.73 Å². The van der Waals surface area contributed by atoms with E-state index in [-0.39, 0.29) is 11.4 Å². The second-order valence-corrected chi connectivity index (χ2v) is 6.20. The highest BCUT2D eigenvalue weighted by Crippen LogP contribution is 2.27. The van der Waals surface area contributed by atoms with Gasteiger partial charge in [0.15, 0.2) is 11.6 Å². The SMILES string of the molecule is CN(c1ccc(F)cc1)S(=O)(=O)c1cc(N)cc(F)c1F. The first-order chi connectivity index (χ1) is 9.73. The van der Waals surface area contributed by atoms with Crippen LogP contribution in [-0.2, 0) is 10.0 Å². The van der Waals surface area contributed by atoms with E-state index >= 15 is 0 Å². The minimum Gasteiger partial charge on any atom is -0.399 e. The summed E-state index contributed by atoms with van der Waals surface area (Å²) in [6, 6.07) is 6.02. The lowest BCUT2D eigenvalue weighted by molar-refractivity contribution is 0.485. The van der Waals surface area contributed by atoms with Gasteiger partial charge < -0.3 is 5.73 Å². The molecule has 0 radical (unpaired) electrons. The Labute approximate surface area is 119 Å². The number of sulfonamides is 1. The average molecular weight is 316 g/mol. The van der Waals surface area contributed by atoms with E-state index in [0.717, 1.165) is 25.2 Å². The van der Waals surface area contributed by atoms with Crippen LogP contribution in [0, 0.1) is 17.5 Å². The molecular formula is C13H11F3N2O2S. The van der Waals surface area contributed by atoms with Crippen LogP contribution in [-0.4, -0.2) is 15.5 Å². The van der Waals surface area contributed by atoms with Crippen molar-refractivity contribution in [3.05, 3.63) is 53.8 Å². The molecule has 2 N–H and O–H groups in total. The Bertz CT molecular complexity index is 777. The van der Waals surface area contributed by atoms with Gasteiger partial charge in [-0.3, -0.25) is 4.31 Å². The first-order valence-electron chi connectivity index (χ1n) is 5.72. The van der Waals surface area contributed by atoms with Crippen molar-refractivity contribution in [1.29, 1.82) is 0 Å². The summed E-state index contributed by atoms with van der Waals surface area (Å²) in [5, 5.41) is 0. The molecule has 8 heteroatoms. The Morgan fingerprint density at radius 3 is 2.19 bits per heavy atom. The number of hydrogen-bond acceptors (Lipinski definition) is 3. The number of nitrogens with zero attached hydrogens (tertiary/aromatic N) is 1. The maximum Gasteiger partial charge on any atom is 0.267 e. The molecule has 2 aromatic carbocycles. The van der Waals surface area contributed by atoms with Crippen molar-refractivity contribution in [2.45, 2.75) is 4.90 Å². The van der Waals surface area contributed by atoms with Gasteiger partial charge in [0.05, 0.1) is 5.69 Å². The topological polar surface area (TPSA) is 63.4 Å². The van der Waals surface area contributed by atoms with Crippen molar-refractivity contribution in [2.75, 3.05) is 17.1 Å². The number of hydrogen-bond donors (Lipinski definition) is 1. The van der Waals surface area contributed by atoms with Crippen LogP contribution < -0.4 is 10.0 Å². The molecule has 0 aliphatic carbocycles. The molecule has 0 spiro atoms. The minimum absolute atomic E-state index is 0.0960. The molecule has 0 fully saturated rings. The first kappa shape index (κ1) is 15.2. The van der Waals surface area contributed by atoms with Gasteiger partial charge in [0.2, 0.25) is 0 Å². The molecule has 4 nitrogen and oxygen atoms in total. The standard InChI is InChI=1S/C13H11F3N2O2S/c1-18(10-4-2-8(14)3-5-10)21(19,20)12-7-9(17)6-11(15)13(12)16/h2-7H,17H2,1H3. The first-order valence-corrected chi connectivity index (χ1v) is 7.16. The van der Waals surface area contributed by atoms with Gasteiger partial charge >= 0.3 is 0 Å². The number of benzene rings is 2. The number of nitrogen functional groups attached to an aromatic ring is 1. The van der Waals surface area contributed by atoms with Gasteiger partial charge in [0, 0.05) is 12.7 Å². The Balaban J connectivity index is 2.54. The minimum atomic E-state index is -4.36. The van der Waals surface area contributed by atoms with Crippen LogP contribution in [0.3, 0.4) is 0 Å². The van der Waals surface area contributed by atoms with E-state index in [9.17, 15) is 21.6 Å². The number of anilines is 2. The molecule has 0 atom stereocenters. The van der Waals surface area contributed by atoms with Crippen molar-refractivity contribution in [3.8, 4) is 0 Å². The fourth-order valence-electron chi connectivity index (χ4n) is 1.71. The second-order valence-electron chi connectivity index (χ2n) is 4.26. The summed E-state index contributed by atoms with van der Waals surface area (Å²) >= 11 is 0. The van der Waals surface area contributed by atoms with E-state index < -0.39 is 32.4 Å². The highest BCUT2D eigenvalue weighted by molar-refractivity contribution is 7.92. The largest absolute Gasteiger partial charge is 0.399 e. The zero-order valence-electron chi connectivity index (χ0n) is 10.8. The smallest absolute Gasteiger partial charge is 0.267 e. The van der Waals surface area contributed by atoms with Crippen LogP contribution in [0.5, 0.6) is 0 Å². The van der Waals surface area contributed by atoms with Crippen molar-refractivity contribution >= 4 is 21.4 Å². The summed E-state index contributed by atoms with van der Waals surface area (Å²) in [5.74, 6) is -3.43. The Hall–Kier alpha value is -2.22. The summed E-state index contributed by atoms with van der Waals surface area (Å²) in [7, 11) is -3.22. The lowest BCUT2D eigenvalue weighted by Crippen LogP contribution is -2.27. The third-order valence-electron chi connectivity index (χ3n) is 2.85. The van der Waals surface area contributed by atoms with Crippen LogP contribution in [0.25, 0.3) is 0 Å². The molecule has 0 bridgehead atoms. The Morgan fingerprint density at radius 1 is 1.05 bits per heavy atom. The van der Waals surface area contributed by atoms with Gasteiger partial charge in [-0.15, -0.1) is 0 Å². The highest BCUT2D eigenvalue weighted by Gasteiger charge is 2.27. The molecule has 2 rings (SSSR count). The van der Waals surface area contributed by atoms with Crippen LogP contribution in [0.1, 0.15) is 0 Å². The fourth-order valence-corrected chi connectivity index (χ4v) is 3.01. The van der Waals surface area contributed by atoms with Gasteiger partial charge in [-0.05, 0) is 36.4 Å². The third-order valence-corrected chi connectivity index (χ3v) is 4.63. The number of halogens is 3. The Kier molecular flexibility index (Phi) is 3.82. The van der Waals surface area contributed by atoms with Gasteiger partial charge in [0.1, 0.15) is 10.7 Å². The summed E-state index contributed by atoms with van der Waals surface area (Å²) in [5.41, 5.74) is 5.22. The number of rotatable bonds is 3. The molecule has 0 aliphatic rings. The molecule has 112 valence electrons. The molecule has 0 unspecified atom stereocenters. The van der Waals surface area contributed by atoms with Crippen LogP contribution in [0.2, 0.25) is 0 Å². The zero-order valence-corrected chi connectivity index (χ0v) is 11.7. The van der Waals surface area contributed by atoms with E-state index in [1.165, 1.54) is 12.1 Å². The summed E-state index contributed by atoms with van der Waals surface area (Å²) in [6.07, 6.45) is 0. The number of nitrogens with two attached hydrogens (primary N) is 1. The summed E-state index contributed by atoms with van der Waals surface area (Å²) in [4.78, 5) is -0.883. The molecule has 0 aliphatic heterocycles. The van der Waals surface area contributed by atoms with Crippen molar-refractivity contribution < 1.29 is 21.6 Å². The van der Waals surface area contributed by atoms with Crippen LogP contribution in [0.4, 0.5) is 24.5 Å². The van der Waals surface area contributed by atoms with Crippen molar-refractivity contribution in [2.24, 2.45) is 0 Å². The van der Waals surface area contributed by atoms with Crippen molar-refractivity contribution in [1.82, 2.24) is 0 Å². The third kappa shape index (κ3) is 2.80. The molecule has 21 heavy (non-hydrogen) atoms. The zero-order chi connectivity index (χ0) is 15.8. The predicted molar refractivity (Wildman–Crippen MR) is 72.8 cm³/mol. The lowest BCUT2D eigenvalue weighted by atomic mass is 10.3. The quantitative estimate of drug-likeness (QED) is 0.885. The van der Waals surface area contributed by atoms with E-state index in [2.05, 4.69) is 0 Å². The van der Waals surface area contributed by atoms with E-state index in [1.54, 1.807) is 0 Å². The lowest BCUT2D eigenvalue weighted by Gasteiger charge is -2.20.